The van der Waals surface area contributed by atoms with Crippen LogP contribution in [0.2, 0.25) is 0 Å². The Hall–Kier alpha value is -0.870. The van der Waals surface area contributed by atoms with Crippen LogP contribution in [0.5, 0.6) is 0 Å². The highest BCUT2D eigenvalue weighted by Crippen LogP contribution is 2.30. The molecule has 114 valence electrons. The van der Waals surface area contributed by atoms with Gasteiger partial charge in [-0.2, -0.15) is 4.31 Å². The third-order valence-electron chi connectivity index (χ3n) is 3.81. The van der Waals surface area contributed by atoms with Crippen molar-refractivity contribution in [2.75, 3.05) is 13.1 Å². The molecule has 20 heavy (non-hydrogen) atoms. The summed E-state index contributed by atoms with van der Waals surface area (Å²) < 4.78 is 27.1. The van der Waals surface area contributed by atoms with E-state index >= 15 is 0 Å². The molecule has 1 aromatic carbocycles. The highest BCUT2D eigenvalue weighted by Gasteiger charge is 2.26. The Labute approximate surface area is 124 Å². The van der Waals surface area contributed by atoms with E-state index in [1.165, 1.54) is 4.31 Å². The number of sulfonamides is 1. The quantitative estimate of drug-likeness (QED) is 0.851. The summed E-state index contributed by atoms with van der Waals surface area (Å²) in [5.74, 6) is 0. The minimum absolute atomic E-state index is 0.0635. The molecule has 0 unspecified atom stereocenters. The van der Waals surface area contributed by atoms with Crippen LogP contribution in [0.15, 0.2) is 17.0 Å². The number of hydrogen-bond acceptors (Lipinski definition) is 2. The molecule has 0 aliphatic rings. The lowest BCUT2D eigenvalue weighted by Crippen LogP contribution is -2.31. The molecule has 4 heteroatoms. The molecule has 1 rings (SSSR count). The highest BCUT2D eigenvalue weighted by atomic mass is 32.2. The van der Waals surface area contributed by atoms with Crippen LogP contribution in [0.25, 0.3) is 0 Å². The molecule has 0 heterocycles. The minimum atomic E-state index is -3.40. The van der Waals surface area contributed by atoms with E-state index in [0.717, 1.165) is 16.7 Å². The third-order valence-corrected chi connectivity index (χ3v) is 5.99. The lowest BCUT2D eigenvalue weighted by atomic mass is 9.85. The van der Waals surface area contributed by atoms with Gasteiger partial charge < -0.3 is 0 Å². The largest absolute Gasteiger partial charge is 0.243 e. The van der Waals surface area contributed by atoms with Crippen molar-refractivity contribution in [1.29, 1.82) is 0 Å². The van der Waals surface area contributed by atoms with Crippen molar-refractivity contribution in [1.82, 2.24) is 4.31 Å². The molecule has 0 atom stereocenters. The zero-order valence-electron chi connectivity index (χ0n) is 13.7. The smallest absolute Gasteiger partial charge is 0.207 e. The van der Waals surface area contributed by atoms with Gasteiger partial charge in [-0.3, -0.25) is 0 Å². The fourth-order valence-corrected chi connectivity index (χ4v) is 4.01. The molecule has 0 N–H and O–H groups in total. The van der Waals surface area contributed by atoms with Gasteiger partial charge in [0.2, 0.25) is 10.0 Å². The normalized spacial score (nSPS) is 13.0. The summed E-state index contributed by atoms with van der Waals surface area (Å²) in [6.45, 7) is 14.9. The molecule has 0 bridgehead atoms. The van der Waals surface area contributed by atoms with Crippen LogP contribution in [0.4, 0.5) is 0 Å². The topological polar surface area (TPSA) is 37.4 Å². The van der Waals surface area contributed by atoms with Gasteiger partial charge in [0, 0.05) is 13.1 Å². The SMILES string of the molecule is CCN(CC)S(=O)(=O)c1cc(C(C)(C)C)cc(C)c1C. The molecule has 0 radical (unpaired) electrons. The number of rotatable bonds is 4. The van der Waals surface area contributed by atoms with Gasteiger partial charge in [-0.1, -0.05) is 40.7 Å². The first-order valence-corrected chi connectivity index (χ1v) is 8.61. The molecular weight excluding hydrogens is 270 g/mol. The van der Waals surface area contributed by atoms with Crippen LogP contribution in [0.3, 0.4) is 0 Å². The van der Waals surface area contributed by atoms with E-state index in [2.05, 4.69) is 26.8 Å². The molecule has 1 aromatic rings. The molecule has 0 saturated heterocycles. The predicted molar refractivity (Wildman–Crippen MR) is 84.7 cm³/mol. The molecule has 0 aromatic heterocycles. The Morgan fingerprint density at radius 1 is 1.05 bits per heavy atom. The first-order chi connectivity index (χ1) is 9.05. The lowest BCUT2D eigenvalue weighted by molar-refractivity contribution is 0.444. The van der Waals surface area contributed by atoms with Crippen LogP contribution < -0.4 is 0 Å². The Kier molecular flexibility index (Phi) is 5.03. The molecule has 0 amide bonds. The van der Waals surface area contributed by atoms with Crippen LogP contribution in [-0.2, 0) is 15.4 Å². The summed E-state index contributed by atoms with van der Waals surface area (Å²) in [5.41, 5.74) is 2.88. The third kappa shape index (κ3) is 3.23. The van der Waals surface area contributed by atoms with Crippen molar-refractivity contribution in [3.8, 4) is 0 Å². The van der Waals surface area contributed by atoms with Gasteiger partial charge in [-0.15, -0.1) is 0 Å². The summed E-state index contributed by atoms with van der Waals surface area (Å²) in [4.78, 5) is 0.450. The van der Waals surface area contributed by atoms with Gasteiger partial charge >= 0.3 is 0 Å². The van der Waals surface area contributed by atoms with E-state index in [1.807, 2.05) is 33.8 Å². The standard InChI is InChI=1S/C16H27NO2S/c1-8-17(9-2)20(18,19)15-11-14(16(5,6)7)10-12(3)13(15)4/h10-11H,8-9H2,1-7H3. The predicted octanol–water partition coefficient (Wildman–Crippen LogP) is 3.63. The van der Waals surface area contributed by atoms with Crippen molar-refractivity contribution in [3.05, 3.63) is 28.8 Å². The van der Waals surface area contributed by atoms with E-state index in [9.17, 15) is 8.42 Å². The van der Waals surface area contributed by atoms with E-state index in [1.54, 1.807) is 0 Å². The molecule has 0 spiro atoms. The number of nitrogens with zero attached hydrogens (tertiary/aromatic N) is 1. The van der Waals surface area contributed by atoms with Crippen molar-refractivity contribution < 1.29 is 8.42 Å². The van der Waals surface area contributed by atoms with Gasteiger partial charge in [-0.25, -0.2) is 8.42 Å². The summed E-state index contributed by atoms with van der Waals surface area (Å²) in [6.07, 6.45) is 0. The Balaban J connectivity index is 3.57. The molecule has 3 nitrogen and oxygen atoms in total. The monoisotopic (exact) mass is 297 g/mol. The molecule has 0 fully saturated rings. The van der Waals surface area contributed by atoms with Crippen molar-refractivity contribution in [3.63, 3.8) is 0 Å². The zero-order valence-corrected chi connectivity index (χ0v) is 14.6. The summed E-state index contributed by atoms with van der Waals surface area (Å²) in [7, 11) is -3.40. The van der Waals surface area contributed by atoms with Gasteiger partial charge in [0.15, 0.2) is 0 Å². The van der Waals surface area contributed by atoms with Crippen molar-refractivity contribution in [2.45, 2.75) is 58.8 Å². The molecule has 0 aliphatic carbocycles. The second-order valence-corrected chi connectivity index (χ2v) is 8.16. The second kappa shape index (κ2) is 5.86. The van der Waals surface area contributed by atoms with Gasteiger partial charge in [0.05, 0.1) is 4.90 Å². The fourth-order valence-electron chi connectivity index (χ4n) is 2.23. The summed E-state index contributed by atoms with van der Waals surface area (Å²) >= 11 is 0. The van der Waals surface area contributed by atoms with Gasteiger partial charge in [0.1, 0.15) is 0 Å². The Morgan fingerprint density at radius 2 is 1.55 bits per heavy atom. The summed E-state index contributed by atoms with van der Waals surface area (Å²) in [5, 5.41) is 0. The molecular formula is C16H27NO2S. The average Bonchev–Trinajstić information content (AvgIpc) is 2.31. The highest BCUT2D eigenvalue weighted by molar-refractivity contribution is 7.89. The van der Waals surface area contributed by atoms with Crippen LogP contribution >= 0.6 is 0 Å². The fraction of sp³-hybridized carbons (Fsp3) is 0.625. The van der Waals surface area contributed by atoms with E-state index in [0.29, 0.717) is 18.0 Å². The number of hydrogen-bond donors (Lipinski definition) is 0. The maximum atomic E-state index is 12.8. The van der Waals surface area contributed by atoms with E-state index < -0.39 is 10.0 Å². The second-order valence-electron chi connectivity index (χ2n) is 6.26. The number of aryl methyl sites for hydroxylation is 1. The van der Waals surface area contributed by atoms with Crippen LogP contribution in [0.1, 0.15) is 51.3 Å². The lowest BCUT2D eigenvalue weighted by Gasteiger charge is -2.25. The van der Waals surface area contributed by atoms with Gasteiger partial charge in [-0.05, 0) is 42.0 Å². The van der Waals surface area contributed by atoms with Crippen molar-refractivity contribution >= 4 is 10.0 Å². The number of benzene rings is 1. The minimum Gasteiger partial charge on any atom is -0.207 e. The first kappa shape index (κ1) is 17.2. The first-order valence-electron chi connectivity index (χ1n) is 7.17. The summed E-state index contributed by atoms with van der Waals surface area (Å²) in [6, 6.07) is 3.94. The maximum absolute atomic E-state index is 12.8. The average molecular weight is 297 g/mol. The van der Waals surface area contributed by atoms with E-state index in [-0.39, 0.29) is 5.41 Å². The van der Waals surface area contributed by atoms with Gasteiger partial charge in [0.25, 0.3) is 0 Å². The molecule has 0 aliphatic heterocycles. The molecule has 0 saturated carbocycles. The van der Waals surface area contributed by atoms with Crippen LogP contribution in [-0.4, -0.2) is 25.8 Å². The Bertz CT molecular complexity index is 579. The zero-order chi connectivity index (χ0) is 15.7. The van der Waals surface area contributed by atoms with Crippen LogP contribution in [0, 0.1) is 13.8 Å². The Morgan fingerprint density at radius 3 is 1.95 bits per heavy atom. The van der Waals surface area contributed by atoms with Crippen molar-refractivity contribution in [2.24, 2.45) is 0 Å². The van der Waals surface area contributed by atoms with E-state index in [4.69, 9.17) is 0 Å². The maximum Gasteiger partial charge on any atom is 0.243 e.